The number of nitrogens with one attached hydrogen (secondary N) is 1. The molecule has 2 aromatic rings. The number of fused-ring (bicyclic) bond motifs is 1. The van der Waals surface area contributed by atoms with Gasteiger partial charge in [-0.3, -0.25) is 5.32 Å². The standard InChI is InChI=1S/C13H12N4O3S/c18-11(19)10-3-1-2-8-6-17(5-4-9(8)10)13(20)15-12-16-14-7-21-12/h1-3,7H,4-6H2,(H,18,19)(H,15,16,20). The number of aromatic carboxylic acids is 1. The number of hydrogen-bond donors (Lipinski definition) is 2. The van der Waals surface area contributed by atoms with Crippen LogP contribution in [0, 0.1) is 0 Å². The van der Waals surface area contributed by atoms with Gasteiger partial charge in [0.25, 0.3) is 0 Å². The molecule has 1 aliphatic rings. The van der Waals surface area contributed by atoms with Crippen LogP contribution in [0.15, 0.2) is 23.7 Å². The monoisotopic (exact) mass is 304 g/mol. The van der Waals surface area contributed by atoms with Crippen LogP contribution in [-0.4, -0.2) is 38.7 Å². The van der Waals surface area contributed by atoms with E-state index >= 15 is 0 Å². The zero-order chi connectivity index (χ0) is 14.8. The van der Waals surface area contributed by atoms with Crippen LogP contribution in [-0.2, 0) is 13.0 Å². The minimum atomic E-state index is -0.932. The molecule has 2 amide bonds. The fourth-order valence-corrected chi connectivity index (χ4v) is 2.82. The molecule has 0 fully saturated rings. The molecule has 8 heteroatoms. The number of nitrogens with zero attached hydrogens (tertiary/aromatic N) is 3. The number of benzene rings is 1. The van der Waals surface area contributed by atoms with Crippen LogP contribution in [0.2, 0.25) is 0 Å². The first-order valence-corrected chi connectivity index (χ1v) is 7.19. The van der Waals surface area contributed by atoms with Gasteiger partial charge in [-0.15, -0.1) is 10.2 Å². The number of urea groups is 1. The van der Waals surface area contributed by atoms with Gasteiger partial charge in [0.2, 0.25) is 5.13 Å². The predicted molar refractivity (Wildman–Crippen MR) is 76.4 cm³/mol. The van der Waals surface area contributed by atoms with Crippen molar-refractivity contribution >= 4 is 28.5 Å². The summed E-state index contributed by atoms with van der Waals surface area (Å²) in [6, 6.07) is 4.90. The van der Waals surface area contributed by atoms with Gasteiger partial charge < -0.3 is 10.0 Å². The number of amides is 2. The van der Waals surface area contributed by atoms with E-state index in [2.05, 4.69) is 15.5 Å². The predicted octanol–water partition coefficient (Wildman–Crippen LogP) is 1.83. The molecular weight excluding hydrogens is 292 g/mol. The molecule has 2 N–H and O–H groups in total. The smallest absolute Gasteiger partial charge is 0.335 e. The fraction of sp³-hybridized carbons (Fsp3) is 0.231. The number of hydrogen-bond acceptors (Lipinski definition) is 5. The third-order valence-corrected chi connectivity index (χ3v) is 3.96. The first-order valence-electron chi connectivity index (χ1n) is 6.31. The molecule has 1 aliphatic heterocycles. The molecule has 0 saturated heterocycles. The van der Waals surface area contributed by atoms with E-state index in [1.807, 2.05) is 6.07 Å². The SMILES string of the molecule is O=C(O)c1cccc2c1CCN(C(=O)Nc1nncs1)C2. The molecule has 3 rings (SSSR count). The van der Waals surface area contributed by atoms with Crippen molar-refractivity contribution in [3.63, 3.8) is 0 Å². The molecule has 108 valence electrons. The largest absolute Gasteiger partial charge is 0.478 e. The van der Waals surface area contributed by atoms with E-state index in [-0.39, 0.29) is 6.03 Å². The van der Waals surface area contributed by atoms with Crippen molar-refractivity contribution in [1.82, 2.24) is 15.1 Å². The minimum Gasteiger partial charge on any atom is -0.478 e. The fourth-order valence-electron chi connectivity index (χ4n) is 2.38. The van der Waals surface area contributed by atoms with Crippen LogP contribution in [0.1, 0.15) is 21.5 Å². The number of carboxylic acid groups (broad SMARTS) is 1. The maximum atomic E-state index is 12.1. The highest BCUT2D eigenvalue weighted by Crippen LogP contribution is 2.23. The Kier molecular flexibility index (Phi) is 3.53. The normalized spacial score (nSPS) is 13.6. The number of carbonyl (C=O) groups excluding carboxylic acids is 1. The Morgan fingerprint density at radius 1 is 1.38 bits per heavy atom. The van der Waals surface area contributed by atoms with Crippen LogP contribution in [0.3, 0.4) is 0 Å². The van der Waals surface area contributed by atoms with Gasteiger partial charge in [-0.05, 0) is 23.6 Å². The van der Waals surface area contributed by atoms with Crippen molar-refractivity contribution in [1.29, 1.82) is 0 Å². The lowest BCUT2D eigenvalue weighted by Gasteiger charge is -2.29. The van der Waals surface area contributed by atoms with Crippen molar-refractivity contribution in [2.24, 2.45) is 0 Å². The zero-order valence-corrected chi connectivity index (χ0v) is 11.8. The molecule has 7 nitrogen and oxygen atoms in total. The van der Waals surface area contributed by atoms with Crippen LogP contribution in [0.4, 0.5) is 9.93 Å². The van der Waals surface area contributed by atoms with E-state index in [4.69, 9.17) is 0 Å². The quantitative estimate of drug-likeness (QED) is 0.882. The Labute approximate surface area is 124 Å². The van der Waals surface area contributed by atoms with Gasteiger partial charge in [-0.25, -0.2) is 9.59 Å². The van der Waals surface area contributed by atoms with Gasteiger partial charge in [0.15, 0.2) is 0 Å². The lowest BCUT2D eigenvalue weighted by atomic mass is 9.95. The van der Waals surface area contributed by atoms with Crippen molar-refractivity contribution in [3.05, 3.63) is 40.4 Å². The van der Waals surface area contributed by atoms with E-state index in [1.165, 1.54) is 11.3 Å². The summed E-state index contributed by atoms with van der Waals surface area (Å²) in [5.74, 6) is -0.932. The van der Waals surface area contributed by atoms with E-state index in [0.29, 0.717) is 30.2 Å². The van der Waals surface area contributed by atoms with E-state index in [1.54, 1.807) is 22.5 Å². The first-order chi connectivity index (χ1) is 10.1. The molecule has 0 saturated carbocycles. The Balaban J connectivity index is 1.77. The van der Waals surface area contributed by atoms with Crippen LogP contribution >= 0.6 is 11.3 Å². The maximum absolute atomic E-state index is 12.1. The Morgan fingerprint density at radius 2 is 2.24 bits per heavy atom. The third-order valence-electron chi connectivity index (χ3n) is 3.36. The van der Waals surface area contributed by atoms with E-state index < -0.39 is 5.97 Å². The molecule has 0 bridgehead atoms. The molecule has 0 atom stereocenters. The lowest BCUT2D eigenvalue weighted by Crippen LogP contribution is -2.39. The molecule has 2 heterocycles. The molecule has 1 aromatic carbocycles. The molecule has 21 heavy (non-hydrogen) atoms. The number of aromatic nitrogens is 2. The summed E-state index contributed by atoms with van der Waals surface area (Å²) in [6.45, 7) is 0.864. The van der Waals surface area contributed by atoms with Crippen molar-refractivity contribution < 1.29 is 14.7 Å². The number of carbonyl (C=O) groups is 2. The van der Waals surface area contributed by atoms with Crippen LogP contribution in [0.25, 0.3) is 0 Å². The average Bonchev–Trinajstić information content (AvgIpc) is 2.98. The summed E-state index contributed by atoms with van der Waals surface area (Å²) in [5, 5.41) is 19.7. The number of carboxylic acids is 1. The molecular formula is C13H12N4O3S. The summed E-state index contributed by atoms with van der Waals surface area (Å²) < 4.78 is 0. The number of rotatable bonds is 2. The molecule has 1 aromatic heterocycles. The highest BCUT2D eigenvalue weighted by molar-refractivity contribution is 7.13. The van der Waals surface area contributed by atoms with Crippen molar-refractivity contribution in [2.45, 2.75) is 13.0 Å². The van der Waals surface area contributed by atoms with Crippen molar-refractivity contribution in [3.8, 4) is 0 Å². The van der Waals surface area contributed by atoms with E-state index in [0.717, 1.165) is 11.1 Å². The first kappa shape index (κ1) is 13.5. The Morgan fingerprint density at radius 3 is 2.95 bits per heavy atom. The van der Waals surface area contributed by atoms with Gasteiger partial charge in [0.05, 0.1) is 5.56 Å². The summed E-state index contributed by atoms with van der Waals surface area (Å²) in [7, 11) is 0. The summed E-state index contributed by atoms with van der Waals surface area (Å²) >= 11 is 1.25. The van der Waals surface area contributed by atoms with Crippen LogP contribution in [0.5, 0.6) is 0 Å². The van der Waals surface area contributed by atoms with E-state index in [9.17, 15) is 14.7 Å². The third kappa shape index (κ3) is 2.70. The summed E-state index contributed by atoms with van der Waals surface area (Å²) in [4.78, 5) is 25.0. The Bertz CT molecular complexity index is 687. The lowest BCUT2D eigenvalue weighted by molar-refractivity contribution is 0.0695. The van der Waals surface area contributed by atoms with Gasteiger partial charge in [-0.2, -0.15) is 0 Å². The highest BCUT2D eigenvalue weighted by atomic mass is 32.1. The molecule has 0 aliphatic carbocycles. The second kappa shape index (κ2) is 5.49. The zero-order valence-electron chi connectivity index (χ0n) is 10.9. The Hall–Kier alpha value is -2.48. The average molecular weight is 304 g/mol. The van der Waals surface area contributed by atoms with Gasteiger partial charge in [0, 0.05) is 13.1 Å². The summed E-state index contributed by atoms with van der Waals surface area (Å²) in [6.07, 6.45) is 0.529. The minimum absolute atomic E-state index is 0.252. The van der Waals surface area contributed by atoms with Crippen LogP contribution < -0.4 is 5.32 Å². The highest BCUT2D eigenvalue weighted by Gasteiger charge is 2.24. The molecule has 0 radical (unpaired) electrons. The second-order valence-electron chi connectivity index (χ2n) is 4.59. The molecule has 0 unspecified atom stereocenters. The van der Waals surface area contributed by atoms with Gasteiger partial charge >= 0.3 is 12.0 Å². The molecule has 0 spiro atoms. The second-order valence-corrected chi connectivity index (χ2v) is 5.43. The number of anilines is 1. The van der Waals surface area contributed by atoms with Crippen molar-refractivity contribution in [2.75, 3.05) is 11.9 Å². The summed E-state index contributed by atoms with van der Waals surface area (Å²) in [5.41, 5.74) is 3.54. The topological polar surface area (TPSA) is 95.4 Å². The van der Waals surface area contributed by atoms with Gasteiger partial charge in [-0.1, -0.05) is 23.5 Å². The van der Waals surface area contributed by atoms with Gasteiger partial charge in [0.1, 0.15) is 5.51 Å². The maximum Gasteiger partial charge on any atom is 0.335 e.